The monoisotopic (exact) mass is 504 g/mol. The second-order valence-corrected chi connectivity index (χ2v) is 10.3. The average molecular weight is 505 g/mol. The second-order valence-electron chi connectivity index (χ2n) is 9.86. The quantitative estimate of drug-likeness (QED) is 0.345. The molecule has 4 aromatic rings. The number of aromatic nitrogens is 4. The van der Waals surface area contributed by atoms with Gasteiger partial charge in [-0.15, -0.1) is 0 Å². The fourth-order valence-corrected chi connectivity index (χ4v) is 5.64. The Morgan fingerprint density at radius 3 is 2.83 bits per heavy atom. The highest BCUT2D eigenvalue weighted by atomic mass is 35.5. The van der Waals surface area contributed by atoms with Crippen LogP contribution in [0.25, 0.3) is 16.9 Å². The van der Waals surface area contributed by atoms with Crippen molar-refractivity contribution in [2.45, 2.75) is 57.5 Å². The van der Waals surface area contributed by atoms with Gasteiger partial charge in [0.25, 0.3) is 5.56 Å². The molecule has 0 bridgehead atoms. The molecule has 3 atom stereocenters. The molecule has 4 heterocycles. The van der Waals surface area contributed by atoms with Crippen LogP contribution in [0.5, 0.6) is 0 Å². The molecular weight excluding hydrogens is 479 g/mol. The van der Waals surface area contributed by atoms with Crippen molar-refractivity contribution in [1.82, 2.24) is 19.4 Å². The van der Waals surface area contributed by atoms with E-state index in [1.807, 2.05) is 19.1 Å². The summed E-state index contributed by atoms with van der Waals surface area (Å²) < 4.78 is 22.8. The molecule has 1 saturated heterocycles. The maximum atomic E-state index is 15.1. The van der Waals surface area contributed by atoms with Crippen LogP contribution in [0.2, 0.25) is 5.02 Å². The highest BCUT2D eigenvalue weighted by Gasteiger charge is 2.30. The van der Waals surface area contributed by atoms with Gasteiger partial charge in [0.15, 0.2) is 5.65 Å². The number of benzene rings is 1. The van der Waals surface area contributed by atoms with Gasteiger partial charge in [0.2, 0.25) is 0 Å². The van der Waals surface area contributed by atoms with Crippen LogP contribution in [0.3, 0.4) is 0 Å². The van der Waals surface area contributed by atoms with Gasteiger partial charge in [-0.1, -0.05) is 18.5 Å². The first-order valence-electron chi connectivity index (χ1n) is 12.3. The molecule has 0 N–H and O–H groups in total. The molecular formula is C28H26ClFN4O2. The molecule has 6 rings (SSSR count). The van der Waals surface area contributed by atoms with Gasteiger partial charge in [-0.25, -0.2) is 14.4 Å². The van der Waals surface area contributed by atoms with Crippen molar-refractivity contribution in [3.8, 4) is 11.3 Å². The van der Waals surface area contributed by atoms with E-state index in [-0.39, 0.29) is 29.1 Å². The Balaban J connectivity index is 1.52. The fourth-order valence-electron chi connectivity index (χ4n) is 5.48. The Morgan fingerprint density at radius 1 is 1.17 bits per heavy atom. The van der Waals surface area contributed by atoms with Crippen molar-refractivity contribution in [3.63, 3.8) is 0 Å². The highest BCUT2D eigenvalue weighted by molar-refractivity contribution is 6.30. The number of rotatable bonds is 3. The maximum absolute atomic E-state index is 15.1. The maximum Gasteiger partial charge on any atom is 0.261 e. The van der Waals surface area contributed by atoms with Crippen LogP contribution in [-0.4, -0.2) is 26.0 Å². The SMILES string of the molecule is Cc1cc([C@H]2C[C@@H](c3cn4c(=O)c5c(nc4c(-c4ccc(Cl)cc4F)n3)C(C)CC5)CCO2)ccn1. The first kappa shape index (κ1) is 23.3. The van der Waals surface area contributed by atoms with Crippen molar-refractivity contribution in [3.05, 3.63) is 92.1 Å². The number of hydrogen-bond donors (Lipinski definition) is 0. The molecule has 2 aliphatic rings. The minimum Gasteiger partial charge on any atom is -0.373 e. The summed E-state index contributed by atoms with van der Waals surface area (Å²) in [5.74, 6) is -0.274. The van der Waals surface area contributed by atoms with E-state index in [1.165, 1.54) is 6.07 Å². The second kappa shape index (κ2) is 9.05. The zero-order valence-electron chi connectivity index (χ0n) is 20.2. The molecule has 3 aromatic heterocycles. The summed E-state index contributed by atoms with van der Waals surface area (Å²) in [4.78, 5) is 27.7. The molecule has 0 saturated carbocycles. The lowest BCUT2D eigenvalue weighted by Crippen LogP contribution is -2.24. The zero-order chi connectivity index (χ0) is 25.0. The van der Waals surface area contributed by atoms with Crippen LogP contribution in [0, 0.1) is 12.7 Å². The van der Waals surface area contributed by atoms with Crippen molar-refractivity contribution >= 4 is 17.2 Å². The third-order valence-corrected chi connectivity index (χ3v) is 7.66. The summed E-state index contributed by atoms with van der Waals surface area (Å²) in [6.45, 7) is 4.60. The third-order valence-electron chi connectivity index (χ3n) is 7.43. The number of pyridine rings is 1. The van der Waals surface area contributed by atoms with E-state index < -0.39 is 5.82 Å². The molecule has 1 aromatic carbocycles. The standard InChI is InChI=1S/C28H26ClFN4O2/c1-15-3-5-21-25(15)33-27-26(20-6-4-19(29)13-22(20)30)32-23(14-34(27)28(21)35)17-8-10-36-24(12-17)18-7-9-31-16(2)11-18/h4,6-7,9,11,13-15,17,24H,3,5,8,10,12H2,1-2H3/t15?,17-,24+/m0/s1. The normalized spacial score (nSPS) is 21.6. The minimum absolute atomic E-state index is 0.0369. The minimum atomic E-state index is -0.492. The summed E-state index contributed by atoms with van der Waals surface area (Å²) in [7, 11) is 0. The Morgan fingerprint density at radius 2 is 2.03 bits per heavy atom. The van der Waals surface area contributed by atoms with Crippen LogP contribution < -0.4 is 5.56 Å². The molecule has 0 radical (unpaired) electrons. The third kappa shape index (κ3) is 4.00. The number of hydrogen-bond acceptors (Lipinski definition) is 5. The Labute approximate surface area is 213 Å². The molecule has 184 valence electrons. The Kier molecular flexibility index (Phi) is 5.85. The summed E-state index contributed by atoms with van der Waals surface area (Å²) in [6.07, 6.45) is 6.53. The molecule has 6 nitrogen and oxygen atoms in total. The van der Waals surface area contributed by atoms with Gasteiger partial charge in [-0.2, -0.15) is 0 Å². The molecule has 0 amide bonds. The van der Waals surface area contributed by atoms with Gasteiger partial charge < -0.3 is 4.74 Å². The number of nitrogens with zero attached hydrogens (tertiary/aromatic N) is 4. The van der Waals surface area contributed by atoms with Crippen LogP contribution >= 0.6 is 11.6 Å². The molecule has 1 unspecified atom stereocenters. The molecule has 0 spiro atoms. The number of fused-ring (bicyclic) bond motifs is 2. The van der Waals surface area contributed by atoms with Crippen LogP contribution in [0.15, 0.2) is 47.5 Å². The lowest BCUT2D eigenvalue weighted by Gasteiger charge is -2.30. The van der Waals surface area contributed by atoms with E-state index in [0.29, 0.717) is 35.8 Å². The van der Waals surface area contributed by atoms with E-state index >= 15 is 4.39 Å². The smallest absolute Gasteiger partial charge is 0.261 e. The highest BCUT2D eigenvalue weighted by Crippen LogP contribution is 2.39. The van der Waals surface area contributed by atoms with Gasteiger partial charge in [0.05, 0.1) is 17.5 Å². The van der Waals surface area contributed by atoms with Crippen LogP contribution in [0.1, 0.15) is 72.3 Å². The van der Waals surface area contributed by atoms with E-state index in [1.54, 1.807) is 28.9 Å². The van der Waals surface area contributed by atoms with Gasteiger partial charge >= 0.3 is 0 Å². The molecule has 36 heavy (non-hydrogen) atoms. The fraction of sp³-hybridized carbons (Fsp3) is 0.357. The summed E-state index contributed by atoms with van der Waals surface area (Å²) in [5, 5.41) is 0.302. The van der Waals surface area contributed by atoms with Crippen molar-refractivity contribution in [1.29, 1.82) is 0 Å². The number of aryl methyl sites for hydroxylation is 1. The van der Waals surface area contributed by atoms with Gasteiger partial charge in [0.1, 0.15) is 11.5 Å². The lowest BCUT2D eigenvalue weighted by atomic mass is 9.89. The summed E-state index contributed by atoms with van der Waals surface area (Å²) in [5.41, 5.74) is 5.22. The van der Waals surface area contributed by atoms with Crippen LogP contribution in [0.4, 0.5) is 4.39 Å². The lowest BCUT2D eigenvalue weighted by molar-refractivity contribution is 0.00451. The van der Waals surface area contributed by atoms with E-state index in [4.69, 9.17) is 26.3 Å². The van der Waals surface area contributed by atoms with Gasteiger partial charge in [-0.05, 0) is 74.4 Å². The summed E-state index contributed by atoms with van der Waals surface area (Å²) in [6, 6.07) is 8.52. The van der Waals surface area contributed by atoms with Crippen molar-refractivity contribution < 1.29 is 9.13 Å². The van der Waals surface area contributed by atoms with E-state index in [0.717, 1.165) is 41.1 Å². The predicted molar refractivity (Wildman–Crippen MR) is 136 cm³/mol. The zero-order valence-corrected chi connectivity index (χ0v) is 20.9. The Hall–Kier alpha value is -3.16. The summed E-state index contributed by atoms with van der Waals surface area (Å²) >= 11 is 6.03. The van der Waals surface area contributed by atoms with Crippen molar-refractivity contribution in [2.24, 2.45) is 0 Å². The molecule has 8 heteroatoms. The van der Waals surface area contributed by atoms with E-state index in [2.05, 4.69) is 11.9 Å². The molecule has 1 aliphatic carbocycles. The topological polar surface area (TPSA) is 69.4 Å². The number of halogens is 2. The first-order valence-corrected chi connectivity index (χ1v) is 12.7. The number of ether oxygens (including phenoxy) is 1. The van der Waals surface area contributed by atoms with Gasteiger partial charge in [-0.3, -0.25) is 14.2 Å². The Bertz CT molecular complexity index is 1550. The van der Waals surface area contributed by atoms with Crippen LogP contribution in [-0.2, 0) is 11.2 Å². The molecule has 1 aliphatic heterocycles. The van der Waals surface area contributed by atoms with E-state index in [9.17, 15) is 4.79 Å². The average Bonchev–Trinajstić information content (AvgIpc) is 3.25. The van der Waals surface area contributed by atoms with Gasteiger partial charge in [0, 0.05) is 46.8 Å². The molecule has 1 fully saturated rings. The predicted octanol–water partition coefficient (Wildman–Crippen LogP) is 5.94. The first-order chi connectivity index (χ1) is 17.4. The largest absolute Gasteiger partial charge is 0.373 e. The van der Waals surface area contributed by atoms with Crippen molar-refractivity contribution in [2.75, 3.05) is 6.61 Å².